The van der Waals surface area contributed by atoms with Gasteiger partial charge in [-0.3, -0.25) is 4.68 Å². The molecule has 1 aromatic heterocycles. The summed E-state index contributed by atoms with van der Waals surface area (Å²) in [6.45, 7) is 2.65. The van der Waals surface area contributed by atoms with E-state index in [1.54, 1.807) is 6.92 Å². The third-order valence-corrected chi connectivity index (χ3v) is 6.37. The van der Waals surface area contributed by atoms with Gasteiger partial charge in [-0.15, -0.1) is 0 Å². The fourth-order valence-corrected chi connectivity index (χ4v) is 4.69. The number of halogens is 1. The van der Waals surface area contributed by atoms with Crippen molar-refractivity contribution < 1.29 is 14.3 Å². The molecule has 1 heterocycles. The van der Waals surface area contributed by atoms with Crippen LogP contribution in [0.3, 0.4) is 0 Å². The summed E-state index contributed by atoms with van der Waals surface area (Å²) in [5.74, 6) is 0.408. The molecule has 0 spiro atoms. The average molecular weight is 483 g/mol. The number of hydrogen-bond acceptors (Lipinski definition) is 4. The lowest BCUT2D eigenvalue weighted by molar-refractivity contribution is 0.0516. The SMILES string of the molecule is CCOC(=O)c1nn(C2CCCCC2)c(-c2ccc(OCc3ccccc3)cc2)c1Br. The van der Waals surface area contributed by atoms with Crippen molar-refractivity contribution >= 4 is 21.9 Å². The summed E-state index contributed by atoms with van der Waals surface area (Å²) in [5, 5.41) is 4.69. The highest BCUT2D eigenvalue weighted by atomic mass is 79.9. The number of nitrogens with zero attached hydrogens (tertiary/aromatic N) is 2. The van der Waals surface area contributed by atoms with Gasteiger partial charge in [-0.1, -0.05) is 49.6 Å². The van der Waals surface area contributed by atoms with E-state index in [0.717, 1.165) is 35.4 Å². The van der Waals surface area contributed by atoms with E-state index in [1.165, 1.54) is 19.3 Å². The molecule has 0 bridgehead atoms. The summed E-state index contributed by atoms with van der Waals surface area (Å²) in [4.78, 5) is 12.5. The summed E-state index contributed by atoms with van der Waals surface area (Å²) in [5.41, 5.74) is 3.38. The third kappa shape index (κ3) is 5.01. The van der Waals surface area contributed by atoms with Crippen molar-refractivity contribution in [2.45, 2.75) is 51.7 Å². The van der Waals surface area contributed by atoms with Gasteiger partial charge in [0, 0.05) is 5.56 Å². The Morgan fingerprint density at radius 2 is 1.77 bits per heavy atom. The minimum atomic E-state index is -0.395. The Labute approximate surface area is 191 Å². The normalized spacial score (nSPS) is 14.4. The van der Waals surface area contributed by atoms with Crippen LogP contribution >= 0.6 is 15.9 Å². The van der Waals surface area contributed by atoms with Gasteiger partial charge in [0.2, 0.25) is 0 Å². The number of carbonyl (C=O) groups is 1. The molecule has 0 aliphatic heterocycles. The van der Waals surface area contributed by atoms with Crippen molar-refractivity contribution in [2.75, 3.05) is 6.61 Å². The van der Waals surface area contributed by atoms with Gasteiger partial charge >= 0.3 is 5.97 Å². The number of ether oxygens (including phenoxy) is 2. The molecular weight excluding hydrogens is 456 g/mol. The summed E-state index contributed by atoms with van der Waals surface area (Å²) in [7, 11) is 0. The van der Waals surface area contributed by atoms with E-state index >= 15 is 0 Å². The summed E-state index contributed by atoms with van der Waals surface area (Å²) >= 11 is 3.64. The van der Waals surface area contributed by atoms with Crippen molar-refractivity contribution in [2.24, 2.45) is 0 Å². The van der Waals surface area contributed by atoms with Crippen LogP contribution in [0.25, 0.3) is 11.3 Å². The maximum atomic E-state index is 12.5. The van der Waals surface area contributed by atoms with Crippen LogP contribution < -0.4 is 4.74 Å². The van der Waals surface area contributed by atoms with Crippen LogP contribution in [0.15, 0.2) is 59.1 Å². The first-order valence-electron chi connectivity index (χ1n) is 10.9. The minimum absolute atomic E-state index is 0.289. The average Bonchev–Trinajstić information content (AvgIpc) is 3.17. The van der Waals surface area contributed by atoms with Crippen molar-refractivity contribution in [1.29, 1.82) is 0 Å². The van der Waals surface area contributed by atoms with Crippen molar-refractivity contribution in [3.05, 3.63) is 70.3 Å². The van der Waals surface area contributed by atoms with Gasteiger partial charge in [0.05, 0.1) is 22.8 Å². The number of carbonyl (C=O) groups excluding carboxylic acids is 1. The van der Waals surface area contributed by atoms with Crippen LogP contribution in [0.5, 0.6) is 5.75 Å². The highest BCUT2D eigenvalue weighted by molar-refractivity contribution is 9.10. The first-order valence-corrected chi connectivity index (χ1v) is 11.7. The molecule has 0 atom stereocenters. The quantitative estimate of drug-likeness (QED) is 0.357. The van der Waals surface area contributed by atoms with E-state index < -0.39 is 5.97 Å². The Hall–Kier alpha value is -2.60. The lowest BCUT2D eigenvalue weighted by Crippen LogP contribution is -2.16. The first kappa shape index (κ1) is 21.6. The number of rotatable bonds is 7. The van der Waals surface area contributed by atoms with Crippen molar-refractivity contribution in [3.8, 4) is 17.0 Å². The molecule has 0 amide bonds. The van der Waals surface area contributed by atoms with Gasteiger partial charge in [0.25, 0.3) is 0 Å². The molecule has 5 nitrogen and oxygen atoms in total. The molecule has 1 fully saturated rings. The van der Waals surface area contributed by atoms with E-state index in [-0.39, 0.29) is 6.04 Å². The summed E-state index contributed by atoms with van der Waals surface area (Å²) < 4.78 is 13.9. The predicted octanol–water partition coefficient (Wildman–Crippen LogP) is 6.57. The second-order valence-electron chi connectivity index (χ2n) is 7.77. The molecule has 6 heteroatoms. The number of benzene rings is 2. The van der Waals surface area contributed by atoms with Crippen LogP contribution in [0.2, 0.25) is 0 Å². The largest absolute Gasteiger partial charge is 0.489 e. The summed E-state index contributed by atoms with van der Waals surface area (Å²) in [6.07, 6.45) is 5.76. The third-order valence-electron chi connectivity index (χ3n) is 5.62. The molecule has 0 saturated heterocycles. The Morgan fingerprint density at radius 3 is 2.45 bits per heavy atom. The Kier molecular flexibility index (Phi) is 7.07. The highest BCUT2D eigenvalue weighted by Gasteiger charge is 2.27. The maximum Gasteiger partial charge on any atom is 0.360 e. The molecule has 4 rings (SSSR count). The molecule has 31 heavy (non-hydrogen) atoms. The summed E-state index contributed by atoms with van der Waals surface area (Å²) in [6, 6.07) is 18.4. The second-order valence-corrected chi connectivity index (χ2v) is 8.56. The Balaban J connectivity index is 1.61. The van der Waals surface area contributed by atoms with Crippen LogP contribution in [-0.2, 0) is 11.3 Å². The molecule has 162 valence electrons. The fraction of sp³-hybridized carbons (Fsp3) is 0.360. The van der Waals surface area contributed by atoms with Gasteiger partial charge in [-0.2, -0.15) is 5.10 Å². The fourth-order valence-electron chi connectivity index (χ4n) is 4.04. The molecule has 0 unspecified atom stereocenters. The standard InChI is InChI=1S/C25H27BrN2O3/c1-2-30-25(29)23-22(26)24(28(27-23)20-11-7-4-8-12-20)19-13-15-21(16-14-19)31-17-18-9-5-3-6-10-18/h3,5-6,9-10,13-16,20H,2,4,7-8,11-12,17H2,1H3. The number of aromatic nitrogens is 2. The molecular formula is C25H27BrN2O3. The molecule has 1 saturated carbocycles. The highest BCUT2D eigenvalue weighted by Crippen LogP contribution is 2.38. The predicted molar refractivity (Wildman–Crippen MR) is 124 cm³/mol. The minimum Gasteiger partial charge on any atom is -0.489 e. The number of hydrogen-bond donors (Lipinski definition) is 0. The van der Waals surface area contributed by atoms with Crippen LogP contribution in [0, 0.1) is 0 Å². The van der Waals surface area contributed by atoms with Crippen LogP contribution in [-0.4, -0.2) is 22.4 Å². The van der Waals surface area contributed by atoms with Gasteiger partial charge in [0.1, 0.15) is 12.4 Å². The van der Waals surface area contributed by atoms with Gasteiger partial charge in [0.15, 0.2) is 5.69 Å². The molecule has 2 aromatic carbocycles. The zero-order chi connectivity index (χ0) is 21.6. The van der Waals surface area contributed by atoms with E-state index in [9.17, 15) is 4.79 Å². The molecule has 0 radical (unpaired) electrons. The topological polar surface area (TPSA) is 53.3 Å². The van der Waals surface area contributed by atoms with E-state index in [0.29, 0.717) is 23.4 Å². The molecule has 3 aromatic rings. The van der Waals surface area contributed by atoms with E-state index in [4.69, 9.17) is 14.6 Å². The van der Waals surface area contributed by atoms with Gasteiger partial charge in [-0.25, -0.2) is 4.79 Å². The van der Waals surface area contributed by atoms with Gasteiger partial charge in [-0.05, 0) is 65.5 Å². The van der Waals surface area contributed by atoms with Crippen molar-refractivity contribution in [1.82, 2.24) is 9.78 Å². The molecule has 1 aliphatic rings. The van der Waals surface area contributed by atoms with Crippen molar-refractivity contribution in [3.63, 3.8) is 0 Å². The Morgan fingerprint density at radius 1 is 1.06 bits per heavy atom. The number of esters is 1. The monoisotopic (exact) mass is 482 g/mol. The lowest BCUT2D eigenvalue weighted by Gasteiger charge is -2.24. The zero-order valence-electron chi connectivity index (χ0n) is 17.7. The van der Waals surface area contributed by atoms with Crippen LogP contribution in [0.4, 0.5) is 0 Å². The van der Waals surface area contributed by atoms with Gasteiger partial charge < -0.3 is 9.47 Å². The Bertz CT molecular complexity index is 1010. The smallest absolute Gasteiger partial charge is 0.360 e. The first-order chi connectivity index (χ1) is 15.2. The van der Waals surface area contributed by atoms with E-state index in [2.05, 4.69) is 15.9 Å². The maximum absolute atomic E-state index is 12.5. The second kappa shape index (κ2) is 10.1. The lowest BCUT2D eigenvalue weighted by atomic mass is 9.95. The van der Waals surface area contributed by atoms with E-state index in [1.807, 2.05) is 59.3 Å². The molecule has 0 N–H and O–H groups in total. The zero-order valence-corrected chi connectivity index (χ0v) is 19.3. The molecule has 1 aliphatic carbocycles. The van der Waals surface area contributed by atoms with Crippen LogP contribution in [0.1, 0.15) is 61.1 Å².